The number of hydrogen-bond acceptors (Lipinski definition) is 3. The van der Waals surface area contributed by atoms with E-state index in [-0.39, 0.29) is 24.2 Å². The Bertz CT molecular complexity index is 1190. The molecule has 3 aromatic carbocycles. The molecule has 204 valence electrons. The summed E-state index contributed by atoms with van der Waals surface area (Å²) in [7, 11) is 1.86. The zero-order valence-corrected chi connectivity index (χ0v) is 25.0. The summed E-state index contributed by atoms with van der Waals surface area (Å²) in [6.45, 7) is 3.54. The first kappa shape index (κ1) is 30.8. The average molecular weight is 594 g/mol. The maximum Gasteiger partial charge on any atom is 0.253 e. The first-order valence-electron chi connectivity index (χ1n) is 12.7. The summed E-state index contributed by atoms with van der Waals surface area (Å²) in [6, 6.07) is 23.3. The number of halogens is 3. The van der Waals surface area contributed by atoms with Gasteiger partial charge in [-0.1, -0.05) is 65.7 Å². The van der Waals surface area contributed by atoms with Crippen LogP contribution in [0, 0.1) is 0 Å². The van der Waals surface area contributed by atoms with Crippen molar-refractivity contribution in [1.82, 2.24) is 9.80 Å². The normalized spacial score (nSPS) is 15.9. The highest BCUT2D eigenvalue weighted by Crippen LogP contribution is 2.34. The molecule has 2 atom stereocenters. The fourth-order valence-corrected chi connectivity index (χ4v) is 6.37. The lowest BCUT2D eigenvalue weighted by Gasteiger charge is -2.34. The molecule has 8 heteroatoms. The molecule has 0 N–H and O–H groups in total. The van der Waals surface area contributed by atoms with E-state index in [1.807, 2.05) is 73.8 Å². The number of amides is 1. The number of likely N-dealkylation sites (N-methyl/N-ethyl adjacent to an activating group) is 1. The van der Waals surface area contributed by atoms with E-state index < -0.39 is 11.2 Å². The van der Waals surface area contributed by atoms with Crippen LogP contribution in [0.15, 0.2) is 77.7 Å². The van der Waals surface area contributed by atoms with Crippen LogP contribution in [0.5, 0.6) is 0 Å². The molecule has 3 aromatic rings. The smallest absolute Gasteiger partial charge is 0.253 e. The average Bonchev–Trinajstić information content (AvgIpc) is 2.92. The van der Waals surface area contributed by atoms with Gasteiger partial charge in [0, 0.05) is 30.6 Å². The van der Waals surface area contributed by atoms with E-state index in [1.165, 1.54) is 5.56 Å². The number of rotatable bonds is 9. The second-order valence-electron chi connectivity index (χ2n) is 9.82. The van der Waals surface area contributed by atoms with Gasteiger partial charge in [0.25, 0.3) is 5.91 Å². The van der Waals surface area contributed by atoms with Gasteiger partial charge in [0.1, 0.15) is 6.26 Å². The minimum absolute atomic E-state index is 0. The van der Waals surface area contributed by atoms with Crippen LogP contribution in [0.2, 0.25) is 10.0 Å². The summed E-state index contributed by atoms with van der Waals surface area (Å²) in [5.41, 5.74) is 3.02. The van der Waals surface area contributed by atoms with Crippen molar-refractivity contribution in [2.24, 2.45) is 0 Å². The summed E-state index contributed by atoms with van der Waals surface area (Å²) in [4.78, 5) is 18.3. The van der Waals surface area contributed by atoms with Crippen LogP contribution in [0.4, 0.5) is 0 Å². The number of nitrogens with zero attached hydrogens (tertiary/aromatic N) is 2. The van der Waals surface area contributed by atoms with Crippen LogP contribution in [0.3, 0.4) is 0 Å². The van der Waals surface area contributed by atoms with Crippen LogP contribution < -0.4 is 0 Å². The molecule has 4 rings (SSSR count). The number of hydrogen-bond donors (Lipinski definition) is 0. The van der Waals surface area contributed by atoms with E-state index in [2.05, 4.69) is 11.0 Å². The monoisotopic (exact) mass is 592 g/mol. The van der Waals surface area contributed by atoms with Crippen molar-refractivity contribution >= 4 is 52.7 Å². The summed E-state index contributed by atoms with van der Waals surface area (Å²) in [5, 5.41) is 1.07. The molecular weight excluding hydrogens is 559 g/mol. The first-order chi connectivity index (χ1) is 17.8. The molecule has 0 radical (unpaired) electrons. The molecule has 1 saturated heterocycles. The molecule has 1 aliphatic heterocycles. The van der Waals surface area contributed by atoms with Gasteiger partial charge < -0.3 is 14.4 Å². The SMILES string of the molecule is CN(C[C@@H](CCN1CCC(c2ccccc2[S+](C)[O-])CC1)c1ccc(Cl)c(Cl)c1)C(=O)c1ccccc1.Cl. The van der Waals surface area contributed by atoms with Crippen molar-refractivity contribution < 1.29 is 9.35 Å². The summed E-state index contributed by atoms with van der Waals surface area (Å²) < 4.78 is 12.2. The standard InChI is InChI=1S/C30H34Cl2N2O2S.ClH/c1-33(30(35)23-8-4-3-5-9-23)21-25(24-12-13-27(31)28(32)20-24)16-19-34-17-14-22(15-18-34)26-10-6-7-11-29(26)37(2)36;/h3-13,20,22,25H,14-19,21H2,1-2H3;1H/t25-,37?;/m1./s1. The molecule has 1 heterocycles. The van der Waals surface area contributed by atoms with Gasteiger partial charge in [-0.05, 0) is 91.9 Å². The largest absolute Gasteiger partial charge is 0.612 e. The van der Waals surface area contributed by atoms with E-state index in [9.17, 15) is 9.35 Å². The zero-order valence-electron chi connectivity index (χ0n) is 21.8. The molecular formula is C30H35Cl3N2O2S. The lowest BCUT2D eigenvalue weighted by atomic mass is 9.88. The minimum Gasteiger partial charge on any atom is -0.612 e. The highest BCUT2D eigenvalue weighted by atomic mass is 35.5. The Labute approximate surface area is 245 Å². The Kier molecular flexibility index (Phi) is 11.8. The fourth-order valence-electron chi connectivity index (χ4n) is 5.23. The van der Waals surface area contributed by atoms with Gasteiger partial charge in [-0.2, -0.15) is 0 Å². The van der Waals surface area contributed by atoms with Gasteiger partial charge in [0.2, 0.25) is 0 Å². The van der Waals surface area contributed by atoms with Crippen molar-refractivity contribution in [3.63, 3.8) is 0 Å². The molecule has 0 aromatic heterocycles. The van der Waals surface area contributed by atoms with Gasteiger partial charge >= 0.3 is 0 Å². The van der Waals surface area contributed by atoms with Gasteiger partial charge in [-0.15, -0.1) is 12.4 Å². The second kappa shape index (κ2) is 14.6. The molecule has 4 nitrogen and oxygen atoms in total. The molecule has 0 aliphatic carbocycles. The lowest BCUT2D eigenvalue weighted by Crippen LogP contribution is -2.36. The van der Waals surface area contributed by atoms with Crippen LogP contribution in [-0.2, 0) is 11.2 Å². The molecule has 1 amide bonds. The van der Waals surface area contributed by atoms with Crippen molar-refractivity contribution in [3.8, 4) is 0 Å². The number of likely N-dealkylation sites (tertiary alicyclic amines) is 1. The zero-order chi connectivity index (χ0) is 26.4. The summed E-state index contributed by atoms with van der Waals surface area (Å²) >= 11 is 11.6. The van der Waals surface area contributed by atoms with E-state index in [0.29, 0.717) is 28.1 Å². The van der Waals surface area contributed by atoms with Crippen LogP contribution >= 0.6 is 35.6 Å². The predicted molar refractivity (Wildman–Crippen MR) is 162 cm³/mol. The number of carbonyl (C=O) groups excluding carboxylic acids is 1. The maximum atomic E-state index is 13.0. The highest BCUT2D eigenvalue weighted by molar-refractivity contribution is 7.90. The maximum absolute atomic E-state index is 13.0. The summed E-state index contributed by atoms with van der Waals surface area (Å²) in [5.74, 6) is 0.587. The first-order valence-corrected chi connectivity index (χ1v) is 15.0. The van der Waals surface area contributed by atoms with Gasteiger partial charge in [0.15, 0.2) is 4.90 Å². The molecule has 0 saturated carbocycles. The van der Waals surface area contributed by atoms with Crippen molar-refractivity contribution in [2.45, 2.75) is 36.0 Å². The third-order valence-electron chi connectivity index (χ3n) is 7.33. The third kappa shape index (κ3) is 7.91. The van der Waals surface area contributed by atoms with Crippen molar-refractivity contribution in [3.05, 3.63) is 99.5 Å². The van der Waals surface area contributed by atoms with Gasteiger partial charge in [-0.3, -0.25) is 4.79 Å². The predicted octanol–water partition coefficient (Wildman–Crippen LogP) is 7.28. The van der Waals surface area contributed by atoms with Crippen LogP contribution in [-0.4, -0.2) is 59.7 Å². The van der Waals surface area contributed by atoms with E-state index in [0.717, 1.165) is 49.4 Å². The Balaban J connectivity index is 0.00000400. The Morgan fingerprint density at radius 1 is 1.03 bits per heavy atom. The molecule has 1 aliphatic rings. The third-order valence-corrected chi connectivity index (χ3v) is 9.06. The van der Waals surface area contributed by atoms with Crippen LogP contribution in [0.1, 0.15) is 52.6 Å². The summed E-state index contributed by atoms with van der Waals surface area (Å²) in [6.07, 6.45) is 4.78. The second-order valence-corrected chi connectivity index (χ2v) is 12.0. The molecule has 1 unspecified atom stereocenters. The lowest BCUT2D eigenvalue weighted by molar-refractivity contribution is 0.0781. The molecule has 38 heavy (non-hydrogen) atoms. The Morgan fingerprint density at radius 2 is 1.68 bits per heavy atom. The van der Waals surface area contributed by atoms with E-state index in [1.54, 1.807) is 11.2 Å². The Hall–Kier alpha value is -1.73. The van der Waals surface area contributed by atoms with Crippen molar-refractivity contribution in [1.29, 1.82) is 0 Å². The highest BCUT2D eigenvalue weighted by Gasteiger charge is 2.26. The van der Waals surface area contributed by atoms with E-state index in [4.69, 9.17) is 23.2 Å². The number of carbonyl (C=O) groups is 1. The topological polar surface area (TPSA) is 46.6 Å². The molecule has 0 bridgehead atoms. The fraction of sp³-hybridized carbons (Fsp3) is 0.367. The minimum atomic E-state index is -0.975. The van der Waals surface area contributed by atoms with E-state index >= 15 is 0 Å². The van der Waals surface area contributed by atoms with Crippen LogP contribution in [0.25, 0.3) is 0 Å². The number of piperidine rings is 1. The Morgan fingerprint density at radius 3 is 2.34 bits per heavy atom. The quantitative estimate of drug-likeness (QED) is 0.245. The van der Waals surface area contributed by atoms with Gasteiger partial charge in [0.05, 0.1) is 10.0 Å². The molecule has 0 spiro atoms. The van der Waals surface area contributed by atoms with Crippen molar-refractivity contribution in [2.75, 3.05) is 39.5 Å². The molecule has 1 fully saturated rings. The van der Waals surface area contributed by atoms with Gasteiger partial charge in [-0.25, -0.2) is 0 Å². The number of benzene rings is 3.